The number of nitrogens with zero attached hydrogens (tertiary/aromatic N) is 2. The molecule has 3 amide bonds. The van der Waals surface area contributed by atoms with Gasteiger partial charge in [-0.3, -0.25) is 19.3 Å². The maximum absolute atomic E-state index is 14.1. The molecule has 0 bridgehead atoms. The van der Waals surface area contributed by atoms with Crippen LogP contribution in [0.5, 0.6) is 0 Å². The molecule has 4 aromatic rings. The molecular formula is C31H27Cl2N3O3. The van der Waals surface area contributed by atoms with Gasteiger partial charge in [0, 0.05) is 46.1 Å². The van der Waals surface area contributed by atoms with E-state index in [1.165, 1.54) is 9.80 Å². The van der Waals surface area contributed by atoms with Crippen LogP contribution in [0, 0.1) is 0 Å². The first-order chi connectivity index (χ1) is 18.9. The minimum Gasteiger partial charge on any atom is -0.355 e. The molecular weight excluding hydrogens is 533 g/mol. The lowest BCUT2D eigenvalue weighted by Gasteiger charge is -2.33. The first kappa shape index (κ1) is 26.7. The second-order valence-electron chi connectivity index (χ2n) is 9.39. The van der Waals surface area contributed by atoms with Gasteiger partial charge in [0.15, 0.2) is 0 Å². The Labute approximate surface area is 237 Å². The van der Waals surface area contributed by atoms with Crippen molar-refractivity contribution in [2.45, 2.75) is 25.9 Å². The van der Waals surface area contributed by atoms with Gasteiger partial charge in [-0.25, -0.2) is 0 Å². The third kappa shape index (κ3) is 5.35. The number of amides is 3. The summed E-state index contributed by atoms with van der Waals surface area (Å²) in [5, 5.41) is 5.41. The zero-order valence-corrected chi connectivity index (χ0v) is 22.9. The average Bonchev–Trinajstić information content (AvgIpc) is 3.20. The Balaban J connectivity index is 1.54. The predicted octanol–water partition coefficient (Wildman–Crippen LogP) is 5.88. The molecule has 4 aromatic carbocycles. The molecule has 0 spiro atoms. The molecule has 0 saturated heterocycles. The number of carbonyl (C=O) groups excluding carboxylic acids is 3. The summed E-state index contributed by atoms with van der Waals surface area (Å²) in [6.45, 7) is 2.00. The number of likely N-dealkylation sites (N-methyl/N-ethyl adjacent to an activating group) is 1. The maximum atomic E-state index is 14.1. The van der Waals surface area contributed by atoms with Crippen LogP contribution in [0.15, 0.2) is 84.9 Å². The Bertz CT molecular complexity index is 1530. The molecule has 1 N–H and O–H groups in total. The van der Waals surface area contributed by atoms with Gasteiger partial charge in [0.1, 0.15) is 12.6 Å². The number of hydrogen-bond acceptors (Lipinski definition) is 3. The first-order valence-electron chi connectivity index (χ1n) is 12.8. The molecule has 0 fully saturated rings. The topological polar surface area (TPSA) is 69.7 Å². The quantitative estimate of drug-likeness (QED) is 0.278. The van der Waals surface area contributed by atoms with Crippen LogP contribution in [-0.4, -0.2) is 41.8 Å². The molecule has 6 nitrogen and oxygen atoms in total. The van der Waals surface area contributed by atoms with E-state index in [9.17, 15) is 14.4 Å². The van der Waals surface area contributed by atoms with Gasteiger partial charge in [0.25, 0.3) is 5.91 Å². The van der Waals surface area contributed by atoms with E-state index in [1.54, 1.807) is 24.3 Å². The van der Waals surface area contributed by atoms with E-state index in [-0.39, 0.29) is 31.3 Å². The van der Waals surface area contributed by atoms with Gasteiger partial charge in [0.05, 0.1) is 5.69 Å². The largest absolute Gasteiger partial charge is 0.355 e. The van der Waals surface area contributed by atoms with Crippen molar-refractivity contribution in [2.75, 3.05) is 18.0 Å². The molecule has 1 aliphatic heterocycles. The van der Waals surface area contributed by atoms with E-state index >= 15 is 0 Å². The third-order valence-corrected chi connectivity index (χ3v) is 7.66. The number of rotatable bonds is 9. The Morgan fingerprint density at radius 1 is 0.897 bits per heavy atom. The molecule has 198 valence electrons. The number of benzene rings is 4. The lowest BCUT2D eigenvalue weighted by Crippen LogP contribution is -2.53. The molecule has 1 heterocycles. The smallest absolute Gasteiger partial charge is 0.259 e. The zero-order valence-electron chi connectivity index (χ0n) is 21.4. The Kier molecular flexibility index (Phi) is 7.87. The lowest BCUT2D eigenvalue weighted by atomic mass is 10.0. The maximum Gasteiger partial charge on any atom is 0.259 e. The molecule has 39 heavy (non-hydrogen) atoms. The van der Waals surface area contributed by atoms with E-state index in [1.807, 2.05) is 67.6 Å². The van der Waals surface area contributed by atoms with E-state index in [2.05, 4.69) is 5.32 Å². The zero-order chi connectivity index (χ0) is 27.5. The van der Waals surface area contributed by atoms with Gasteiger partial charge < -0.3 is 10.2 Å². The average molecular weight is 560 g/mol. The molecule has 0 aliphatic carbocycles. The van der Waals surface area contributed by atoms with Gasteiger partial charge in [-0.1, -0.05) is 83.9 Å². The Hall–Kier alpha value is -3.87. The van der Waals surface area contributed by atoms with Gasteiger partial charge >= 0.3 is 0 Å². The first-order valence-corrected chi connectivity index (χ1v) is 13.5. The van der Waals surface area contributed by atoms with Crippen molar-refractivity contribution < 1.29 is 14.4 Å². The summed E-state index contributed by atoms with van der Waals surface area (Å²) >= 11 is 13.0. The van der Waals surface area contributed by atoms with Crippen molar-refractivity contribution in [2.24, 2.45) is 0 Å². The standard InChI is InChI=1S/C31H27Cl2N3O3/c1-2-34-30(38)27(17-20-9-4-3-5-10-20)35(18-23-24(32)14-8-15-25(23)33)28(37)19-36-26-16-7-12-21-11-6-13-22(29(21)26)31(36)39/h3-16,27H,2,17-19H2,1H3,(H,34,38)/t27-/m0/s1. The number of carbonyl (C=O) groups is 3. The van der Waals surface area contributed by atoms with Crippen molar-refractivity contribution in [3.8, 4) is 0 Å². The highest BCUT2D eigenvalue weighted by Gasteiger charge is 2.36. The van der Waals surface area contributed by atoms with Crippen LogP contribution < -0.4 is 10.2 Å². The van der Waals surface area contributed by atoms with Crippen molar-refractivity contribution in [1.82, 2.24) is 10.2 Å². The molecule has 0 unspecified atom stereocenters. The van der Waals surface area contributed by atoms with Crippen LogP contribution in [0.3, 0.4) is 0 Å². The Morgan fingerprint density at radius 3 is 2.26 bits per heavy atom. The minimum atomic E-state index is -0.858. The van der Waals surface area contributed by atoms with Crippen molar-refractivity contribution >= 4 is 57.4 Å². The molecule has 5 rings (SSSR count). The SMILES string of the molecule is CCNC(=O)[C@H](Cc1ccccc1)N(Cc1c(Cl)cccc1Cl)C(=O)CN1C(=O)c2cccc3cccc1c23. The minimum absolute atomic E-state index is 0.00511. The van der Waals surface area contributed by atoms with Gasteiger partial charge in [-0.15, -0.1) is 0 Å². The highest BCUT2D eigenvalue weighted by atomic mass is 35.5. The second-order valence-corrected chi connectivity index (χ2v) is 10.2. The Morgan fingerprint density at radius 2 is 1.56 bits per heavy atom. The summed E-state index contributed by atoms with van der Waals surface area (Å²) in [4.78, 5) is 44.0. The summed E-state index contributed by atoms with van der Waals surface area (Å²) < 4.78 is 0. The molecule has 1 atom stereocenters. The lowest BCUT2D eigenvalue weighted by molar-refractivity contribution is -0.140. The summed E-state index contributed by atoms with van der Waals surface area (Å²) in [5.41, 5.74) is 2.66. The van der Waals surface area contributed by atoms with E-state index in [0.29, 0.717) is 33.4 Å². The summed E-state index contributed by atoms with van der Waals surface area (Å²) in [6.07, 6.45) is 0.282. The monoisotopic (exact) mass is 559 g/mol. The van der Waals surface area contributed by atoms with Crippen LogP contribution in [0.1, 0.15) is 28.4 Å². The van der Waals surface area contributed by atoms with Gasteiger partial charge in [-0.05, 0) is 42.1 Å². The fraction of sp³-hybridized carbons (Fsp3) is 0.194. The predicted molar refractivity (Wildman–Crippen MR) is 155 cm³/mol. The van der Waals surface area contributed by atoms with Crippen LogP contribution in [0.25, 0.3) is 10.8 Å². The second kappa shape index (κ2) is 11.5. The molecule has 8 heteroatoms. The fourth-order valence-electron chi connectivity index (χ4n) is 5.06. The van der Waals surface area contributed by atoms with Gasteiger partial charge in [0.2, 0.25) is 11.8 Å². The number of nitrogens with one attached hydrogen (secondary N) is 1. The van der Waals surface area contributed by atoms with E-state index in [0.717, 1.165) is 16.3 Å². The highest BCUT2D eigenvalue weighted by molar-refractivity contribution is 6.36. The van der Waals surface area contributed by atoms with E-state index in [4.69, 9.17) is 23.2 Å². The van der Waals surface area contributed by atoms with Gasteiger partial charge in [-0.2, -0.15) is 0 Å². The number of halogens is 2. The molecule has 0 saturated carbocycles. The van der Waals surface area contributed by atoms with E-state index < -0.39 is 11.9 Å². The normalized spacial score (nSPS) is 13.0. The van der Waals surface area contributed by atoms with Crippen LogP contribution in [-0.2, 0) is 22.6 Å². The molecule has 0 aromatic heterocycles. The van der Waals surface area contributed by atoms with Crippen molar-refractivity contribution in [1.29, 1.82) is 0 Å². The number of anilines is 1. The fourth-order valence-corrected chi connectivity index (χ4v) is 5.58. The summed E-state index contributed by atoms with van der Waals surface area (Å²) in [6, 6.07) is 25.0. The summed E-state index contributed by atoms with van der Waals surface area (Å²) in [5.74, 6) is -0.934. The van der Waals surface area contributed by atoms with Crippen LogP contribution >= 0.6 is 23.2 Å². The number of hydrogen-bond donors (Lipinski definition) is 1. The van der Waals surface area contributed by atoms with Crippen LogP contribution in [0.4, 0.5) is 5.69 Å². The summed E-state index contributed by atoms with van der Waals surface area (Å²) in [7, 11) is 0. The van der Waals surface area contributed by atoms with Crippen LogP contribution in [0.2, 0.25) is 10.0 Å². The molecule has 1 aliphatic rings. The van der Waals surface area contributed by atoms with Crippen molar-refractivity contribution in [3.05, 3.63) is 112 Å². The molecule has 0 radical (unpaired) electrons. The highest BCUT2D eigenvalue weighted by Crippen LogP contribution is 2.37. The third-order valence-electron chi connectivity index (χ3n) is 6.95. The van der Waals surface area contributed by atoms with Crippen molar-refractivity contribution in [3.63, 3.8) is 0 Å².